The summed E-state index contributed by atoms with van der Waals surface area (Å²) in [5.74, 6) is 0.802. The van der Waals surface area contributed by atoms with Crippen molar-refractivity contribution in [2.24, 2.45) is 7.05 Å². The summed E-state index contributed by atoms with van der Waals surface area (Å²) in [5, 5.41) is 5.21. The minimum Gasteiger partial charge on any atom is -0.365 e. The van der Waals surface area contributed by atoms with E-state index in [4.69, 9.17) is 11.6 Å². The van der Waals surface area contributed by atoms with E-state index in [1.165, 1.54) is 16.2 Å². The third-order valence-corrected chi connectivity index (χ3v) is 4.69. The zero-order chi connectivity index (χ0) is 15.0. The predicted molar refractivity (Wildman–Crippen MR) is 83.6 cm³/mol. The minimum atomic E-state index is -0.267. The van der Waals surface area contributed by atoms with Crippen molar-refractivity contribution >= 4 is 34.0 Å². The van der Waals surface area contributed by atoms with E-state index in [0.29, 0.717) is 5.69 Å². The topological polar surface area (TPSA) is 67.2 Å². The van der Waals surface area contributed by atoms with Gasteiger partial charge < -0.3 is 9.80 Å². The third kappa shape index (κ3) is 2.73. The quantitative estimate of drug-likeness (QED) is 0.817. The first-order chi connectivity index (χ1) is 10.1. The van der Waals surface area contributed by atoms with Gasteiger partial charge in [0.05, 0.1) is 11.9 Å². The van der Waals surface area contributed by atoms with Gasteiger partial charge in [-0.1, -0.05) is 11.6 Å². The smallest absolute Gasteiger partial charge is 0.287 e. The van der Waals surface area contributed by atoms with Gasteiger partial charge in [0.15, 0.2) is 0 Å². The molecule has 0 aromatic carbocycles. The van der Waals surface area contributed by atoms with Crippen molar-refractivity contribution in [1.82, 2.24) is 19.1 Å². The molecule has 0 aliphatic carbocycles. The Morgan fingerprint density at radius 1 is 1.24 bits per heavy atom. The van der Waals surface area contributed by atoms with Crippen molar-refractivity contribution in [3.8, 4) is 0 Å². The summed E-state index contributed by atoms with van der Waals surface area (Å²) in [6.07, 6.45) is 1.65. The second kappa shape index (κ2) is 5.61. The van der Waals surface area contributed by atoms with Crippen molar-refractivity contribution in [1.29, 1.82) is 0 Å². The van der Waals surface area contributed by atoms with Crippen LogP contribution >= 0.6 is 23.1 Å². The molecule has 1 saturated heterocycles. The number of hydrogen-bond donors (Lipinski definition) is 0. The summed E-state index contributed by atoms with van der Waals surface area (Å²) in [6.45, 7) is 5.07. The summed E-state index contributed by atoms with van der Waals surface area (Å²) in [7, 11) is 1.59. The van der Waals surface area contributed by atoms with Crippen LogP contribution in [-0.4, -0.2) is 45.3 Å². The van der Waals surface area contributed by atoms with E-state index in [0.717, 1.165) is 37.1 Å². The van der Waals surface area contributed by atoms with Gasteiger partial charge in [-0.3, -0.25) is 4.79 Å². The van der Waals surface area contributed by atoms with Crippen LogP contribution < -0.4 is 15.4 Å². The molecule has 0 radical (unpaired) electrons. The first-order valence-electron chi connectivity index (χ1n) is 6.58. The Balaban J connectivity index is 1.74. The molecule has 1 aliphatic rings. The Labute approximate surface area is 130 Å². The standard InChI is InChI=1S/C12H15ClN6OS/c1-8-15-12(21-16-8)19-5-3-18(4-6-19)9-7-14-17(2)11(20)10(9)13/h7H,3-6H2,1-2H3. The molecule has 0 bridgehead atoms. The number of piperazine rings is 1. The summed E-state index contributed by atoms with van der Waals surface area (Å²) < 4.78 is 5.45. The van der Waals surface area contributed by atoms with Gasteiger partial charge in [-0.15, -0.1) is 0 Å². The van der Waals surface area contributed by atoms with Gasteiger partial charge in [-0.25, -0.2) is 9.67 Å². The molecule has 2 aromatic heterocycles. The lowest BCUT2D eigenvalue weighted by molar-refractivity contribution is 0.642. The molecule has 9 heteroatoms. The van der Waals surface area contributed by atoms with E-state index in [-0.39, 0.29) is 10.6 Å². The fourth-order valence-corrected chi connectivity index (χ4v) is 3.29. The van der Waals surface area contributed by atoms with E-state index in [9.17, 15) is 4.79 Å². The average molecular weight is 327 g/mol. The van der Waals surface area contributed by atoms with Crippen LogP contribution in [0.2, 0.25) is 5.02 Å². The summed E-state index contributed by atoms with van der Waals surface area (Å²) in [4.78, 5) is 20.5. The molecular weight excluding hydrogens is 312 g/mol. The number of anilines is 2. The first kappa shape index (κ1) is 14.3. The van der Waals surface area contributed by atoms with Crippen molar-refractivity contribution in [3.63, 3.8) is 0 Å². The van der Waals surface area contributed by atoms with Gasteiger partial charge in [0, 0.05) is 44.8 Å². The number of nitrogens with zero attached hydrogens (tertiary/aromatic N) is 6. The number of halogens is 1. The second-order valence-corrected chi connectivity index (χ2v) is 5.98. The lowest BCUT2D eigenvalue weighted by atomic mass is 10.3. The number of aromatic nitrogens is 4. The highest BCUT2D eigenvalue weighted by atomic mass is 35.5. The van der Waals surface area contributed by atoms with E-state index in [1.54, 1.807) is 13.2 Å². The van der Waals surface area contributed by atoms with E-state index >= 15 is 0 Å². The monoisotopic (exact) mass is 326 g/mol. The minimum absolute atomic E-state index is 0.229. The van der Waals surface area contributed by atoms with Crippen LogP contribution in [0, 0.1) is 6.92 Å². The molecule has 3 rings (SSSR count). The molecule has 1 fully saturated rings. The van der Waals surface area contributed by atoms with E-state index < -0.39 is 0 Å². The Bertz CT molecular complexity index is 706. The van der Waals surface area contributed by atoms with E-state index in [2.05, 4.69) is 24.3 Å². The van der Waals surface area contributed by atoms with Crippen LogP contribution in [0.25, 0.3) is 0 Å². The van der Waals surface area contributed by atoms with Crippen LogP contribution in [0.5, 0.6) is 0 Å². The fourth-order valence-electron chi connectivity index (χ4n) is 2.28. The maximum Gasteiger partial charge on any atom is 0.287 e. The Morgan fingerprint density at radius 3 is 2.52 bits per heavy atom. The summed E-state index contributed by atoms with van der Waals surface area (Å²) in [6, 6.07) is 0. The van der Waals surface area contributed by atoms with Crippen LogP contribution in [0.15, 0.2) is 11.0 Å². The zero-order valence-electron chi connectivity index (χ0n) is 11.8. The molecule has 3 heterocycles. The molecule has 0 spiro atoms. The van der Waals surface area contributed by atoms with Crippen molar-refractivity contribution in [2.45, 2.75) is 6.92 Å². The highest BCUT2D eigenvalue weighted by molar-refractivity contribution is 7.09. The van der Waals surface area contributed by atoms with Crippen molar-refractivity contribution in [2.75, 3.05) is 36.0 Å². The molecule has 0 atom stereocenters. The number of hydrogen-bond acceptors (Lipinski definition) is 7. The maximum absolute atomic E-state index is 11.8. The molecule has 112 valence electrons. The average Bonchev–Trinajstić information content (AvgIpc) is 2.92. The number of aryl methyl sites for hydroxylation is 2. The second-order valence-electron chi connectivity index (χ2n) is 4.87. The Morgan fingerprint density at radius 2 is 1.90 bits per heavy atom. The van der Waals surface area contributed by atoms with Gasteiger partial charge in [0.1, 0.15) is 10.8 Å². The van der Waals surface area contributed by atoms with Gasteiger partial charge >= 0.3 is 0 Å². The molecule has 1 aliphatic heterocycles. The summed E-state index contributed by atoms with van der Waals surface area (Å²) in [5.41, 5.74) is 0.434. The lowest BCUT2D eigenvalue weighted by Crippen LogP contribution is -2.47. The largest absolute Gasteiger partial charge is 0.365 e. The third-order valence-electron chi connectivity index (χ3n) is 3.47. The highest BCUT2D eigenvalue weighted by Gasteiger charge is 2.22. The maximum atomic E-state index is 11.8. The van der Waals surface area contributed by atoms with Crippen molar-refractivity contribution < 1.29 is 0 Å². The molecule has 0 saturated carbocycles. The summed E-state index contributed by atoms with van der Waals surface area (Å²) >= 11 is 7.55. The molecule has 2 aromatic rings. The van der Waals surface area contributed by atoms with Gasteiger partial charge in [0.25, 0.3) is 5.56 Å². The SMILES string of the molecule is Cc1nsc(N2CCN(c3cnn(C)c(=O)c3Cl)CC2)n1. The Hall–Kier alpha value is -1.67. The van der Waals surface area contributed by atoms with E-state index in [1.807, 2.05) is 6.92 Å². The fraction of sp³-hybridized carbons (Fsp3) is 0.500. The molecule has 0 unspecified atom stereocenters. The van der Waals surface area contributed by atoms with Crippen LogP contribution in [-0.2, 0) is 7.05 Å². The normalized spacial score (nSPS) is 15.6. The van der Waals surface area contributed by atoms with Gasteiger partial charge in [0.2, 0.25) is 5.13 Å². The van der Waals surface area contributed by atoms with Crippen LogP contribution in [0.3, 0.4) is 0 Å². The first-order valence-corrected chi connectivity index (χ1v) is 7.73. The molecule has 0 amide bonds. The highest BCUT2D eigenvalue weighted by Crippen LogP contribution is 2.24. The predicted octanol–water partition coefficient (Wildman–Crippen LogP) is 0.920. The molecular formula is C12H15ClN6OS. The number of rotatable bonds is 2. The lowest BCUT2D eigenvalue weighted by Gasteiger charge is -2.35. The zero-order valence-corrected chi connectivity index (χ0v) is 13.4. The Kier molecular flexibility index (Phi) is 3.81. The molecule has 7 nitrogen and oxygen atoms in total. The van der Waals surface area contributed by atoms with Crippen molar-refractivity contribution in [3.05, 3.63) is 27.4 Å². The van der Waals surface area contributed by atoms with Crippen LogP contribution in [0.4, 0.5) is 10.8 Å². The molecule has 0 N–H and O–H groups in total. The van der Waals surface area contributed by atoms with Gasteiger partial charge in [-0.05, 0) is 6.92 Å². The van der Waals surface area contributed by atoms with Gasteiger partial charge in [-0.2, -0.15) is 9.47 Å². The van der Waals surface area contributed by atoms with Crippen LogP contribution in [0.1, 0.15) is 5.82 Å². The molecule has 21 heavy (non-hydrogen) atoms.